The number of fused-ring (bicyclic) bond motifs is 1. The molecule has 4 heteroatoms. The van der Waals surface area contributed by atoms with E-state index in [1.54, 1.807) is 0 Å². The second-order valence-corrected chi connectivity index (χ2v) is 5.74. The van der Waals surface area contributed by atoms with Crippen LogP contribution in [0, 0.1) is 0 Å². The fourth-order valence-electron chi connectivity index (χ4n) is 2.73. The molecule has 0 radical (unpaired) electrons. The minimum absolute atomic E-state index is 0.256. The SMILES string of the molecule is CCCOc1ccc(CC(CN)c2ccc3c(c2)OCO3)cc1. The second-order valence-electron chi connectivity index (χ2n) is 5.74. The van der Waals surface area contributed by atoms with Crippen LogP contribution in [-0.2, 0) is 6.42 Å². The van der Waals surface area contributed by atoms with Crippen molar-refractivity contribution < 1.29 is 14.2 Å². The normalized spacial score (nSPS) is 13.8. The molecule has 2 aromatic rings. The van der Waals surface area contributed by atoms with Crippen LogP contribution in [0.3, 0.4) is 0 Å². The van der Waals surface area contributed by atoms with Gasteiger partial charge in [-0.05, 0) is 54.8 Å². The average molecular weight is 313 g/mol. The first-order chi connectivity index (χ1) is 11.3. The molecule has 122 valence electrons. The lowest BCUT2D eigenvalue weighted by Gasteiger charge is -2.16. The third-order valence-electron chi connectivity index (χ3n) is 4.03. The van der Waals surface area contributed by atoms with E-state index in [0.29, 0.717) is 13.3 Å². The summed E-state index contributed by atoms with van der Waals surface area (Å²) in [5.41, 5.74) is 8.43. The molecule has 0 saturated carbocycles. The van der Waals surface area contributed by atoms with Gasteiger partial charge in [-0.2, -0.15) is 0 Å². The van der Waals surface area contributed by atoms with Crippen molar-refractivity contribution in [3.05, 3.63) is 53.6 Å². The van der Waals surface area contributed by atoms with Crippen LogP contribution in [0.15, 0.2) is 42.5 Å². The Labute approximate surface area is 137 Å². The topological polar surface area (TPSA) is 53.7 Å². The fourth-order valence-corrected chi connectivity index (χ4v) is 2.73. The summed E-state index contributed by atoms with van der Waals surface area (Å²) in [5.74, 6) is 2.79. The summed E-state index contributed by atoms with van der Waals surface area (Å²) < 4.78 is 16.4. The molecule has 0 spiro atoms. The average Bonchev–Trinajstić information content (AvgIpc) is 3.06. The molecule has 0 saturated heterocycles. The molecule has 23 heavy (non-hydrogen) atoms. The molecule has 0 amide bonds. The lowest BCUT2D eigenvalue weighted by atomic mass is 9.92. The van der Waals surface area contributed by atoms with Gasteiger partial charge in [-0.3, -0.25) is 0 Å². The highest BCUT2D eigenvalue weighted by molar-refractivity contribution is 5.45. The lowest BCUT2D eigenvalue weighted by molar-refractivity contribution is 0.174. The molecule has 0 fully saturated rings. The Bertz CT molecular complexity index is 640. The first kappa shape index (κ1) is 15.7. The molecule has 0 bridgehead atoms. The second kappa shape index (κ2) is 7.38. The van der Waals surface area contributed by atoms with Crippen LogP contribution in [-0.4, -0.2) is 19.9 Å². The van der Waals surface area contributed by atoms with Crippen molar-refractivity contribution >= 4 is 0 Å². The molecule has 2 N–H and O–H groups in total. The van der Waals surface area contributed by atoms with Gasteiger partial charge >= 0.3 is 0 Å². The summed E-state index contributed by atoms with van der Waals surface area (Å²) in [6.45, 7) is 3.74. The molecule has 1 atom stereocenters. The van der Waals surface area contributed by atoms with E-state index in [0.717, 1.165) is 36.7 Å². The third kappa shape index (κ3) is 3.77. The Morgan fingerprint density at radius 3 is 2.61 bits per heavy atom. The number of benzene rings is 2. The van der Waals surface area contributed by atoms with Gasteiger partial charge in [-0.25, -0.2) is 0 Å². The van der Waals surface area contributed by atoms with Crippen LogP contribution >= 0.6 is 0 Å². The van der Waals surface area contributed by atoms with E-state index in [-0.39, 0.29) is 5.92 Å². The Morgan fingerprint density at radius 2 is 1.87 bits per heavy atom. The summed E-state index contributed by atoms with van der Waals surface area (Å²) in [4.78, 5) is 0. The minimum Gasteiger partial charge on any atom is -0.494 e. The first-order valence-electron chi connectivity index (χ1n) is 8.11. The van der Waals surface area contributed by atoms with Crippen molar-refractivity contribution in [3.63, 3.8) is 0 Å². The van der Waals surface area contributed by atoms with Crippen molar-refractivity contribution in [1.82, 2.24) is 0 Å². The molecule has 1 aliphatic rings. The Balaban J connectivity index is 1.69. The third-order valence-corrected chi connectivity index (χ3v) is 4.03. The molecule has 2 aromatic carbocycles. The van der Waals surface area contributed by atoms with E-state index in [2.05, 4.69) is 25.1 Å². The lowest BCUT2D eigenvalue weighted by Crippen LogP contribution is -2.15. The maximum atomic E-state index is 6.00. The van der Waals surface area contributed by atoms with E-state index in [1.807, 2.05) is 24.3 Å². The van der Waals surface area contributed by atoms with Gasteiger partial charge in [0.15, 0.2) is 11.5 Å². The molecule has 1 aliphatic heterocycles. The minimum atomic E-state index is 0.256. The highest BCUT2D eigenvalue weighted by atomic mass is 16.7. The highest BCUT2D eigenvalue weighted by Crippen LogP contribution is 2.35. The Hall–Kier alpha value is -2.20. The quantitative estimate of drug-likeness (QED) is 0.850. The number of hydrogen-bond donors (Lipinski definition) is 1. The fraction of sp³-hybridized carbons (Fsp3) is 0.368. The standard InChI is InChI=1S/C19H23NO3/c1-2-9-21-17-6-3-14(4-7-17)10-16(12-20)15-5-8-18-19(11-15)23-13-22-18/h3-8,11,16H,2,9-10,12-13,20H2,1H3. The van der Waals surface area contributed by atoms with Crippen molar-refractivity contribution in [1.29, 1.82) is 0 Å². The molecule has 0 aromatic heterocycles. The largest absolute Gasteiger partial charge is 0.494 e. The summed E-state index contributed by atoms with van der Waals surface area (Å²) in [6, 6.07) is 14.3. The van der Waals surface area contributed by atoms with Gasteiger partial charge in [0.05, 0.1) is 6.61 Å². The van der Waals surface area contributed by atoms with E-state index in [4.69, 9.17) is 19.9 Å². The summed E-state index contributed by atoms with van der Waals surface area (Å²) >= 11 is 0. The van der Waals surface area contributed by atoms with Gasteiger partial charge in [0.2, 0.25) is 6.79 Å². The van der Waals surface area contributed by atoms with Crippen LogP contribution in [0.5, 0.6) is 17.2 Å². The molecule has 3 rings (SSSR count). The van der Waals surface area contributed by atoms with Crippen LogP contribution in [0.1, 0.15) is 30.4 Å². The Morgan fingerprint density at radius 1 is 1.09 bits per heavy atom. The highest BCUT2D eigenvalue weighted by Gasteiger charge is 2.17. The maximum absolute atomic E-state index is 6.00. The van der Waals surface area contributed by atoms with Gasteiger partial charge in [0.1, 0.15) is 5.75 Å². The first-order valence-corrected chi connectivity index (χ1v) is 8.11. The molecular weight excluding hydrogens is 290 g/mol. The van der Waals surface area contributed by atoms with Gasteiger partial charge in [0, 0.05) is 5.92 Å². The monoisotopic (exact) mass is 313 g/mol. The number of nitrogens with two attached hydrogens (primary N) is 1. The summed E-state index contributed by atoms with van der Waals surface area (Å²) in [6.07, 6.45) is 1.91. The van der Waals surface area contributed by atoms with Gasteiger partial charge < -0.3 is 19.9 Å². The predicted octanol–water partition coefficient (Wildman–Crippen LogP) is 3.49. The zero-order valence-corrected chi connectivity index (χ0v) is 13.5. The maximum Gasteiger partial charge on any atom is 0.231 e. The van der Waals surface area contributed by atoms with Crippen LogP contribution in [0.2, 0.25) is 0 Å². The Kier molecular flexibility index (Phi) is 5.03. The zero-order valence-electron chi connectivity index (χ0n) is 13.5. The van der Waals surface area contributed by atoms with Gasteiger partial charge in [-0.1, -0.05) is 25.1 Å². The van der Waals surface area contributed by atoms with E-state index < -0.39 is 0 Å². The number of ether oxygens (including phenoxy) is 3. The van der Waals surface area contributed by atoms with Crippen molar-refractivity contribution in [3.8, 4) is 17.2 Å². The van der Waals surface area contributed by atoms with E-state index in [1.165, 1.54) is 11.1 Å². The number of hydrogen-bond acceptors (Lipinski definition) is 4. The van der Waals surface area contributed by atoms with Crippen LogP contribution in [0.25, 0.3) is 0 Å². The zero-order chi connectivity index (χ0) is 16.1. The summed E-state index contributed by atoms with van der Waals surface area (Å²) in [5, 5.41) is 0. The van der Waals surface area contributed by atoms with Crippen molar-refractivity contribution in [2.45, 2.75) is 25.7 Å². The van der Waals surface area contributed by atoms with Crippen molar-refractivity contribution in [2.24, 2.45) is 5.73 Å². The number of rotatable bonds is 7. The molecule has 1 heterocycles. The predicted molar refractivity (Wildman–Crippen MR) is 90.3 cm³/mol. The van der Waals surface area contributed by atoms with E-state index >= 15 is 0 Å². The van der Waals surface area contributed by atoms with Crippen molar-refractivity contribution in [2.75, 3.05) is 19.9 Å². The molecule has 0 aliphatic carbocycles. The van der Waals surface area contributed by atoms with Crippen LogP contribution in [0.4, 0.5) is 0 Å². The van der Waals surface area contributed by atoms with E-state index in [9.17, 15) is 0 Å². The smallest absolute Gasteiger partial charge is 0.231 e. The van der Waals surface area contributed by atoms with Crippen LogP contribution < -0.4 is 19.9 Å². The molecule has 4 nitrogen and oxygen atoms in total. The van der Waals surface area contributed by atoms with Gasteiger partial charge in [-0.15, -0.1) is 0 Å². The summed E-state index contributed by atoms with van der Waals surface area (Å²) in [7, 11) is 0. The van der Waals surface area contributed by atoms with Gasteiger partial charge in [0.25, 0.3) is 0 Å². The molecule has 1 unspecified atom stereocenters. The molecular formula is C19H23NO3.